The highest BCUT2D eigenvalue weighted by Crippen LogP contribution is 2.25. The highest BCUT2D eigenvalue weighted by Gasteiger charge is 2.24. The van der Waals surface area contributed by atoms with E-state index >= 15 is 0 Å². The van der Waals surface area contributed by atoms with E-state index in [1.165, 1.54) is 0 Å². The number of hydrogen-bond donors (Lipinski definition) is 2. The van der Waals surface area contributed by atoms with Gasteiger partial charge in [-0.1, -0.05) is 19.1 Å². The number of piperidine rings is 1. The van der Waals surface area contributed by atoms with Gasteiger partial charge in [0, 0.05) is 29.6 Å². The lowest BCUT2D eigenvalue weighted by atomic mass is 9.96. The Labute approximate surface area is 139 Å². The third-order valence-electron chi connectivity index (χ3n) is 4.36. The second kappa shape index (κ2) is 6.78. The Morgan fingerprint density at radius 1 is 1.43 bits per heavy atom. The molecule has 2 unspecified atom stereocenters. The Morgan fingerprint density at radius 2 is 2.17 bits per heavy atom. The molecule has 0 aliphatic carbocycles. The number of nitrogens with zero attached hydrogens (tertiary/aromatic N) is 2. The molecule has 3 rings (SSSR count). The van der Waals surface area contributed by atoms with E-state index < -0.39 is 5.91 Å². The second-order valence-electron chi connectivity index (χ2n) is 6.15. The summed E-state index contributed by atoms with van der Waals surface area (Å²) >= 11 is 1.59. The fourth-order valence-corrected chi connectivity index (χ4v) is 3.59. The predicted octanol–water partition coefficient (Wildman–Crippen LogP) is 2.11. The summed E-state index contributed by atoms with van der Waals surface area (Å²) in [6.07, 6.45) is 0.774. The highest BCUT2D eigenvalue weighted by atomic mass is 32.1. The van der Waals surface area contributed by atoms with Gasteiger partial charge in [-0.05, 0) is 31.0 Å². The summed E-state index contributed by atoms with van der Waals surface area (Å²) in [6, 6.07) is 7.19. The number of carbonyl (C=O) groups is 1. The number of β-amino-alcohol motifs (C(OH)–C–C–N with tert-alkyl or cyclic N) is 1. The van der Waals surface area contributed by atoms with E-state index in [1.807, 2.05) is 12.1 Å². The summed E-state index contributed by atoms with van der Waals surface area (Å²) in [5.41, 5.74) is 7.76. The Bertz CT molecular complexity index is 683. The first-order valence-electron chi connectivity index (χ1n) is 7.78. The van der Waals surface area contributed by atoms with Gasteiger partial charge < -0.3 is 10.8 Å². The van der Waals surface area contributed by atoms with E-state index in [0.29, 0.717) is 18.0 Å². The summed E-state index contributed by atoms with van der Waals surface area (Å²) in [6.45, 7) is 4.57. The van der Waals surface area contributed by atoms with Crippen LogP contribution in [0.1, 0.15) is 29.4 Å². The number of primary amides is 1. The first-order valence-corrected chi connectivity index (χ1v) is 8.66. The van der Waals surface area contributed by atoms with Crippen molar-refractivity contribution in [3.8, 4) is 10.6 Å². The maximum atomic E-state index is 11.1. The number of nitrogens with two attached hydrogens (primary N) is 1. The maximum absolute atomic E-state index is 11.1. The van der Waals surface area contributed by atoms with Gasteiger partial charge in [0.1, 0.15) is 5.01 Å². The molecule has 3 N–H and O–H groups in total. The van der Waals surface area contributed by atoms with Crippen molar-refractivity contribution < 1.29 is 9.90 Å². The van der Waals surface area contributed by atoms with Crippen molar-refractivity contribution >= 4 is 17.2 Å². The normalized spacial score (nSPS) is 22.2. The van der Waals surface area contributed by atoms with E-state index in [2.05, 4.69) is 22.2 Å². The number of thiazole rings is 1. The van der Waals surface area contributed by atoms with Gasteiger partial charge in [-0.25, -0.2) is 4.98 Å². The molecule has 2 heterocycles. The molecule has 2 aromatic rings. The number of benzene rings is 1. The molecular weight excluding hydrogens is 310 g/mol. The van der Waals surface area contributed by atoms with Crippen molar-refractivity contribution in [3.63, 3.8) is 0 Å². The van der Waals surface area contributed by atoms with E-state index in [0.717, 1.165) is 35.8 Å². The lowest BCUT2D eigenvalue weighted by Crippen LogP contribution is -2.42. The van der Waals surface area contributed by atoms with Gasteiger partial charge >= 0.3 is 0 Å². The van der Waals surface area contributed by atoms with Crippen LogP contribution >= 0.6 is 11.3 Å². The van der Waals surface area contributed by atoms with Gasteiger partial charge in [-0.3, -0.25) is 9.69 Å². The van der Waals surface area contributed by atoms with Gasteiger partial charge in [-0.2, -0.15) is 0 Å². The van der Waals surface area contributed by atoms with Crippen LogP contribution in [0.5, 0.6) is 0 Å². The Balaban J connectivity index is 1.67. The molecule has 1 saturated heterocycles. The van der Waals surface area contributed by atoms with Crippen molar-refractivity contribution in [2.24, 2.45) is 11.7 Å². The number of amides is 1. The topological polar surface area (TPSA) is 79.5 Å². The van der Waals surface area contributed by atoms with Gasteiger partial charge in [-0.15, -0.1) is 11.3 Å². The van der Waals surface area contributed by atoms with Crippen molar-refractivity contribution in [2.45, 2.75) is 26.0 Å². The lowest BCUT2D eigenvalue weighted by molar-refractivity contribution is 0.0255. The lowest BCUT2D eigenvalue weighted by Gasteiger charge is -2.33. The van der Waals surface area contributed by atoms with Crippen LogP contribution in [-0.2, 0) is 6.54 Å². The molecule has 1 fully saturated rings. The van der Waals surface area contributed by atoms with E-state index in [9.17, 15) is 9.90 Å². The second-order valence-corrected chi connectivity index (χ2v) is 7.01. The molecule has 5 nitrogen and oxygen atoms in total. The monoisotopic (exact) mass is 331 g/mol. The third kappa shape index (κ3) is 3.77. The molecule has 1 aliphatic rings. The highest BCUT2D eigenvalue weighted by molar-refractivity contribution is 7.13. The van der Waals surface area contributed by atoms with Crippen LogP contribution in [-0.4, -0.2) is 40.1 Å². The summed E-state index contributed by atoms with van der Waals surface area (Å²) in [4.78, 5) is 18.0. The maximum Gasteiger partial charge on any atom is 0.248 e. The van der Waals surface area contributed by atoms with E-state index in [4.69, 9.17) is 5.73 Å². The van der Waals surface area contributed by atoms with Crippen molar-refractivity contribution in [1.29, 1.82) is 0 Å². The molecule has 1 aliphatic heterocycles. The number of hydrogen-bond acceptors (Lipinski definition) is 5. The average Bonchev–Trinajstić information content (AvgIpc) is 2.99. The third-order valence-corrected chi connectivity index (χ3v) is 5.30. The molecule has 0 saturated carbocycles. The summed E-state index contributed by atoms with van der Waals surface area (Å²) in [5.74, 6) is -0.0460. The largest absolute Gasteiger partial charge is 0.392 e. The summed E-state index contributed by atoms with van der Waals surface area (Å²) in [5, 5.41) is 13.0. The number of carbonyl (C=O) groups excluding carboxylic acids is 1. The predicted molar refractivity (Wildman–Crippen MR) is 91.1 cm³/mol. The minimum Gasteiger partial charge on any atom is -0.392 e. The minimum atomic E-state index is -0.422. The van der Waals surface area contributed by atoms with E-state index in [1.54, 1.807) is 23.5 Å². The minimum absolute atomic E-state index is 0.247. The van der Waals surface area contributed by atoms with Gasteiger partial charge in [0.05, 0.1) is 11.8 Å². The molecule has 1 aromatic heterocycles. The molecule has 2 atom stereocenters. The molecule has 0 spiro atoms. The fourth-order valence-electron chi connectivity index (χ4n) is 2.78. The fraction of sp³-hybridized carbons (Fsp3) is 0.412. The zero-order chi connectivity index (χ0) is 16.4. The zero-order valence-electron chi connectivity index (χ0n) is 13.1. The van der Waals surface area contributed by atoms with Crippen molar-refractivity contribution in [2.75, 3.05) is 13.1 Å². The standard InChI is InChI=1S/C17H21N3O2S/c1-11-6-7-20(9-15(11)21)8-14-10-23-17(19-14)13-4-2-12(3-5-13)16(18)22/h2-5,10-11,15,21H,6-9H2,1H3,(H2,18,22). The summed E-state index contributed by atoms with van der Waals surface area (Å²) < 4.78 is 0. The van der Waals surface area contributed by atoms with Gasteiger partial charge in [0.25, 0.3) is 0 Å². The molecule has 23 heavy (non-hydrogen) atoms. The Hall–Kier alpha value is -1.76. The molecule has 122 valence electrons. The number of likely N-dealkylation sites (tertiary alicyclic amines) is 1. The van der Waals surface area contributed by atoms with E-state index in [-0.39, 0.29) is 6.10 Å². The van der Waals surface area contributed by atoms with Crippen LogP contribution in [0.4, 0.5) is 0 Å². The Kier molecular flexibility index (Phi) is 4.75. The van der Waals surface area contributed by atoms with Crippen LogP contribution in [0.15, 0.2) is 29.6 Å². The molecule has 1 amide bonds. The van der Waals surface area contributed by atoms with Gasteiger partial charge in [0.2, 0.25) is 5.91 Å². The van der Waals surface area contributed by atoms with Crippen molar-refractivity contribution in [3.05, 3.63) is 40.9 Å². The molecule has 0 bridgehead atoms. The smallest absolute Gasteiger partial charge is 0.248 e. The van der Waals surface area contributed by atoms with Crippen LogP contribution in [0.25, 0.3) is 10.6 Å². The van der Waals surface area contributed by atoms with Crippen LogP contribution in [0, 0.1) is 5.92 Å². The first-order chi connectivity index (χ1) is 11.0. The quantitative estimate of drug-likeness (QED) is 0.899. The van der Waals surface area contributed by atoms with Crippen LogP contribution in [0.3, 0.4) is 0 Å². The van der Waals surface area contributed by atoms with Crippen LogP contribution < -0.4 is 5.73 Å². The SMILES string of the molecule is CC1CCN(Cc2csc(-c3ccc(C(N)=O)cc3)n2)CC1O. The number of aromatic nitrogens is 1. The molecule has 0 radical (unpaired) electrons. The number of aliphatic hydroxyl groups is 1. The van der Waals surface area contributed by atoms with Gasteiger partial charge in [0.15, 0.2) is 0 Å². The molecule has 6 heteroatoms. The average molecular weight is 331 g/mol. The molecular formula is C17H21N3O2S. The first kappa shape index (κ1) is 16.1. The Morgan fingerprint density at radius 3 is 2.83 bits per heavy atom. The zero-order valence-corrected chi connectivity index (χ0v) is 13.9. The number of aliphatic hydroxyl groups excluding tert-OH is 1. The van der Waals surface area contributed by atoms with Crippen molar-refractivity contribution in [1.82, 2.24) is 9.88 Å². The number of rotatable bonds is 4. The molecule has 1 aromatic carbocycles. The van der Waals surface area contributed by atoms with Crippen LogP contribution in [0.2, 0.25) is 0 Å². The summed E-state index contributed by atoms with van der Waals surface area (Å²) in [7, 11) is 0.